The third-order valence-corrected chi connectivity index (χ3v) is 5.99. The maximum Gasteiger partial charge on any atom is 0.330 e. The third kappa shape index (κ3) is 4.29. The molecule has 0 bridgehead atoms. The Hall–Kier alpha value is -2.67. The van der Waals surface area contributed by atoms with Crippen LogP contribution in [0, 0.1) is 13.8 Å². The molecule has 0 aliphatic rings. The van der Waals surface area contributed by atoms with Crippen LogP contribution in [0.15, 0.2) is 47.4 Å². The van der Waals surface area contributed by atoms with Crippen molar-refractivity contribution in [2.45, 2.75) is 31.7 Å². The number of sulfone groups is 1. The van der Waals surface area contributed by atoms with Gasteiger partial charge in [0.2, 0.25) is 0 Å². The molecule has 6 nitrogen and oxygen atoms in total. The monoisotopic (exact) mass is 375 g/mol. The molecule has 138 valence electrons. The molecule has 0 spiro atoms. The first-order valence-electron chi connectivity index (χ1n) is 8.09. The summed E-state index contributed by atoms with van der Waals surface area (Å²) >= 11 is 0. The highest BCUT2D eigenvalue weighted by Crippen LogP contribution is 2.19. The molecular formula is C19H21NO5S. The highest BCUT2D eigenvalue weighted by molar-refractivity contribution is 7.91. The van der Waals surface area contributed by atoms with Gasteiger partial charge in [-0.25, -0.2) is 13.2 Å². The Morgan fingerprint density at radius 3 is 2.15 bits per heavy atom. The number of rotatable bonds is 6. The third-order valence-electron chi connectivity index (χ3n) is 4.24. The number of nitrogens with one attached hydrogen (secondary N) is 1. The number of carbonyl (C=O) groups is 2. The van der Waals surface area contributed by atoms with Crippen LogP contribution in [0.2, 0.25) is 0 Å². The Morgan fingerprint density at radius 1 is 1.04 bits per heavy atom. The van der Waals surface area contributed by atoms with Crippen LogP contribution in [-0.2, 0) is 14.6 Å². The Morgan fingerprint density at radius 2 is 1.65 bits per heavy atom. The fourth-order valence-corrected chi connectivity index (χ4v) is 3.31. The van der Waals surface area contributed by atoms with Gasteiger partial charge in [0.25, 0.3) is 5.91 Å². The van der Waals surface area contributed by atoms with E-state index in [2.05, 4.69) is 5.32 Å². The van der Waals surface area contributed by atoms with Crippen LogP contribution < -0.4 is 5.32 Å². The molecule has 2 aromatic carbocycles. The van der Waals surface area contributed by atoms with Gasteiger partial charge in [-0.1, -0.05) is 25.1 Å². The number of benzene rings is 2. The average molecular weight is 375 g/mol. The van der Waals surface area contributed by atoms with Crippen molar-refractivity contribution in [3.8, 4) is 0 Å². The van der Waals surface area contributed by atoms with Gasteiger partial charge in [-0.05, 0) is 54.8 Å². The van der Waals surface area contributed by atoms with Gasteiger partial charge in [0, 0.05) is 5.56 Å². The van der Waals surface area contributed by atoms with Crippen molar-refractivity contribution in [1.82, 2.24) is 5.32 Å². The molecule has 2 N–H and O–H groups in total. The lowest BCUT2D eigenvalue weighted by Crippen LogP contribution is -2.33. The van der Waals surface area contributed by atoms with Crippen molar-refractivity contribution in [3.05, 3.63) is 64.7 Å². The summed E-state index contributed by atoms with van der Waals surface area (Å²) in [6.45, 7) is 5.32. The summed E-state index contributed by atoms with van der Waals surface area (Å²) in [5, 5.41) is 12.0. The first kappa shape index (κ1) is 19.7. The number of aryl methyl sites for hydroxylation is 2. The minimum atomic E-state index is -3.35. The number of carboxylic acid groups (broad SMARTS) is 1. The highest BCUT2D eigenvalue weighted by atomic mass is 32.2. The van der Waals surface area contributed by atoms with Gasteiger partial charge >= 0.3 is 5.97 Å². The minimum absolute atomic E-state index is 0.0353. The van der Waals surface area contributed by atoms with Crippen molar-refractivity contribution in [3.63, 3.8) is 0 Å². The molecule has 7 heteroatoms. The molecule has 0 aliphatic heterocycles. The van der Waals surface area contributed by atoms with Crippen LogP contribution in [0.3, 0.4) is 0 Å². The summed E-state index contributed by atoms with van der Waals surface area (Å²) in [4.78, 5) is 24.1. The standard InChI is InChI=1S/C19H21NO5S/c1-4-26(24,25)16-9-7-14(8-10-16)18(21)20-17(19(22)23)15-6-5-12(2)13(3)11-15/h5-11,17H,4H2,1-3H3,(H,20,21)(H,22,23). The molecule has 2 rings (SSSR count). The van der Waals surface area contributed by atoms with Crippen molar-refractivity contribution >= 4 is 21.7 Å². The fourth-order valence-electron chi connectivity index (χ4n) is 2.43. The van der Waals surface area contributed by atoms with E-state index in [0.29, 0.717) is 5.56 Å². The van der Waals surface area contributed by atoms with Gasteiger partial charge in [-0.15, -0.1) is 0 Å². The van der Waals surface area contributed by atoms with Crippen LogP contribution >= 0.6 is 0 Å². The first-order chi connectivity index (χ1) is 12.2. The summed E-state index contributed by atoms with van der Waals surface area (Å²) in [7, 11) is -3.35. The van der Waals surface area contributed by atoms with Crippen molar-refractivity contribution < 1.29 is 23.1 Å². The van der Waals surface area contributed by atoms with E-state index in [1.807, 2.05) is 13.8 Å². The summed E-state index contributed by atoms with van der Waals surface area (Å²) in [5.41, 5.74) is 2.61. The van der Waals surface area contributed by atoms with Crippen molar-refractivity contribution in [2.24, 2.45) is 0 Å². The van der Waals surface area contributed by atoms with E-state index in [4.69, 9.17) is 0 Å². The van der Waals surface area contributed by atoms with E-state index in [9.17, 15) is 23.1 Å². The molecule has 26 heavy (non-hydrogen) atoms. The SMILES string of the molecule is CCS(=O)(=O)c1ccc(C(=O)NC(C(=O)O)c2ccc(C)c(C)c2)cc1. The summed E-state index contributed by atoms with van der Waals surface area (Å²) in [6.07, 6.45) is 0. The first-order valence-corrected chi connectivity index (χ1v) is 9.74. The normalized spacial score (nSPS) is 12.4. The largest absolute Gasteiger partial charge is 0.479 e. The van der Waals surface area contributed by atoms with E-state index in [-0.39, 0.29) is 16.2 Å². The lowest BCUT2D eigenvalue weighted by molar-refractivity contribution is -0.139. The van der Waals surface area contributed by atoms with Crippen LogP contribution in [0.4, 0.5) is 0 Å². The van der Waals surface area contributed by atoms with E-state index in [1.54, 1.807) is 18.2 Å². The summed E-state index contributed by atoms with van der Waals surface area (Å²) < 4.78 is 23.6. The van der Waals surface area contributed by atoms with Gasteiger partial charge in [-0.3, -0.25) is 4.79 Å². The molecule has 0 aliphatic carbocycles. The smallest absolute Gasteiger partial charge is 0.330 e. The zero-order valence-electron chi connectivity index (χ0n) is 14.8. The Bertz CT molecular complexity index is 933. The lowest BCUT2D eigenvalue weighted by Gasteiger charge is -2.16. The lowest BCUT2D eigenvalue weighted by atomic mass is 10.0. The Kier molecular flexibility index (Phi) is 5.82. The molecular weight excluding hydrogens is 354 g/mol. The molecule has 0 radical (unpaired) electrons. The second kappa shape index (κ2) is 7.70. The Balaban J connectivity index is 2.25. The zero-order chi connectivity index (χ0) is 19.5. The predicted molar refractivity (Wildman–Crippen MR) is 97.9 cm³/mol. The van der Waals surface area contributed by atoms with Gasteiger partial charge in [0.1, 0.15) is 0 Å². The molecule has 0 saturated carbocycles. The second-order valence-corrected chi connectivity index (χ2v) is 8.29. The maximum atomic E-state index is 12.4. The molecule has 0 aromatic heterocycles. The highest BCUT2D eigenvalue weighted by Gasteiger charge is 2.23. The van der Waals surface area contributed by atoms with Gasteiger partial charge in [-0.2, -0.15) is 0 Å². The number of aliphatic carboxylic acids is 1. The van der Waals surface area contributed by atoms with E-state index in [1.165, 1.54) is 31.2 Å². The summed E-state index contributed by atoms with van der Waals surface area (Å²) in [5.74, 6) is -1.80. The van der Waals surface area contributed by atoms with E-state index in [0.717, 1.165) is 11.1 Å². The molecule has 1 atom stereocenters. The fraction of sp³-hybridized carbons (Fsp3) is 0.263. The Labute approximate surface area is 152 Å². The minimum Gasteiger partial charge on any atom is -0.479 e. The van der Waals surface area contributed by atoms with Crippen LogP contribution in [-0.4, -0.2) is 31.2 Å². The molecule has 1 amide bonds. The van der Waals surface area contributed by atoms with Crippen LogP contribution in [0.5, 0.6) is 0 Å². The molecule has 2 aromatic rings. The number of carbonyl (C=O) groups excluding carboxylic acids is 1. The zero-order valence-corrected chi connectivity index (χ0v) is 15.6. The van der Waals surface area contributed by atoms with Crippen molar-refractivity contribution in [2.75, 3.05) is 5.75 Å². The number of hydrogen-bond acceptors (Lipinski definition) is 4. The molecule has 0 fully saturated rings. The predicted octanol–water partition coefficient (Wildman–Crippen LogP) is 2.65. The quantitative estimate of drug-likeness (QED) is 0.808. The van der Waals surface area contributed by atoms with E-state index < -0.39 is 27.8 Å². The molecule has 0 saturated heterocycles. The average Bonchev–Trinajstić information content (AvgIpc) is 2.61. The van der Waals surface area contributed by atoms with Gasteiger partial charge in [0.15, 0.2) is 15.9 Å². The maximum absolute atomic E-state index is 12.4. The van der Waals surface area contributed by atoms with Crippen molar-refractivity contribution in [1.29, 1.82) is 0 Å². The molecule has 1 unspecified atom stereocenters. The van der Waals surface area contributed by atoms with Crippen LogP contribution in [0.25, 0.3) is 0 Å². The number of amides is 1. The molecule has 0 heterocycles. The summed E-state index contributed by atoms with van der Waals surface area (Å²) in [6, 6.07) is 9.44. The second-order valence-electron chi connectivity index (χ2n) is 6.02. The van der Waals surface area contributed by atoms with Crippen LogP contribution in [0.1, 0.15) is 40.0 Å². The number of carboxylic acids is 1. The van der Waals surface area contributed by atoms with Gasteiger partial charge < -0.3 is 10.4 Å². The van der Waals surface area contributed by atoms with E-state index >= 15 is 0 Å². The topological polar surface area (TPSA) is 101 Å². The number of hydrogen-bond donors (Lipinski definition) is 2. The van der Waals surface area contributed by atoms with Gasteiger partial charge in [0.05, 0.1) is 10.6 Å².